The number of nitrogens with one attached hydrogen (secondary N) is 1. The first-order chi connectivity index (χ1) is 9.84. The molecule has 0 bridgehead atoms. The molecule has 3 rings (SSSR count). The van der Waals surface area contributed by atoms with Crippen LogP contribution in [0.4, 0.5) is 0 Å². The van der Waals surface area contributed by atoms with Gasteiger partial charge in [0.15, 0.2) is 0 Å². The highest BCUT2D eigenvalue weighted by Gasteiger charge is 2.43. The summed E-state index contributed by atoms with van der Waals surface area (Å²) in [5.74, 6) is 0.350. The van der Waals surface area contributed by atoms with Gasteiger partial charge in [0.05, 0.1) is 6.07 Å². The summed E-state index contributed by atoms with van der Waals surface area (Å²) >= 11 is 0. The molecular formula is C18H24N2. The Morgan fingerprint density at radius 3 is 2.40 bits per heavy atom. The van der Waals surface area contributed by atoms with E-state index in [-0.39, 0.29) is 5.54 Å². The maximum atomic E-state index is 9.92. The van der Waals surface area contributed by atoms with E-state index in [1.165, 1.54) is 44.1 Å². The van der Waals surface area contributed by atoms with Crippen molar-refractivity contribution in [2.75, 3.05) is 0 Å². The zero-order valence-electron chi connectivity index (χ0n) is 12.1. The Morgan fingerprint density at radius 2 is 1.70 bits per heavy atom. The maximum absolute atomic E-state index is 9.92. The highest BCUT2D eigenvalue weighted by atomic mass is 15.0. The zero-order chi connectivity index (χ0) is 13.8. The van der Waals surface area contributed by atoms with Crippen LogP contribution in [-0.2, 0) is 0 Å². The minimum Gasteiger partial charge on any atom is -0.296 e. The topological polar surface area (TPSA) is 35.8 Å². The standard InChI is InChI=1S/C18H24N2/c19-14-18(20-16-10-4-5-11-16)13-7-6-12-17(18)15-8-2-1-3-9-15/h1-3,8-9,16-17,20H,4-7,10-13H2. The van der Waals surface area contributed by atoms with Crippen LogP contribution in [0.25, 0.3) is 0 Å². The molecule has 0 spiro atoms. The van der Waals surface area contributed by atoms with Gasteiger partial charge in [0, 0.05) is 12.0 Å². The predicted octanol–water partition coefficient (Wildman–Crippen LogP) is 4.14. The maximum Gasteiger partial charge on any atom is 0.113 e. The van der Waals surface area contributed by atoms with Gasteiger partial charge < -0.3 is 0 Å². The first-order valence-electron chi connectivity index (χ1n) is 8.08. The van der Waals surface area contributed by atoms with E-state index in [2.05, 4.69) is 41.7 Å². The SMILES string of the molecule is N#CC1(NC2CCCC2)CCCCC1c1ccccc1. The van der Waals surface area contributed by atoms with Gasteiger partial charge in [0.25, 0.3) is 0 Å². The number of hydrogen-bond acceptors (Lipinski definition) is 2. The van der Waals surface area contributed by atoms with E-state index in [1.807, 2.05) is 0 Å². The van der Waals surface area contributed by atoms with Crippen molar-refractivity contribution in [2.24, 2.45) is 0 Å². The summed E-state index contributed by atoms with van der Waals surface area (Å²) in [6.45, 7) is 0. The third-order valence-corrected chi connectivity index (χ3v) is 5.13. The van der Waals surface area contributed by atoms with Crippen LogP contribution in [0.5, 0.6) is 0 Å². The van der Waals surface area contributed by atoms with E-state index in [0.717, 1.165) is 12.8 Å². The molecule has 0 aliphatic heterocycles. The molecule has 1 aromatic rings. The number of rotatable bonds is 3. The van der Waals surface area contributed by atoms with Gasteiger partial charge in [-0.1, -0.05) is 56.0 Å². The molecule has 2 saturated carbocycles. The van der Waals surface area contributed by atoms with Gasteiger partial charge in [-0.25, -0.2) is 0 Å². The lowest BCUT2D eigenvalue weighted by molar-refractivity contribution is 0.231. The van der Waals surface area contributed by atoms with Crippen LogP contribution in [0.2, 0.25) is 0 Å². The highest BCUT2D eigenvalue weighted by Crippen LogP contribution is 2.41. The first-order valence-corrected chi connectivity index (χ1v) is 8.08. The van der Waals surface area contributed by atoms with Crippen LogP contribution >= 0.6 is 0 Å². The van der Waals surface area contributed by atoms with Gasteiger partial charge in [-0.15, -0.1) is 0 Å². The lowest BCUT2D eigenvalue weighted by Gasteiger charge is -2.42. The molecule has 106 valence electrons. The molecular weight excluding hydrogens is 244 g/mol. The highest BCUT2D eigenvalue weighted by molar-refractivity contribution is 5.30. The van der Waals surface area contributed by atoms with Crippen molar-refractivity contribution in [3.05, 3.63) is 35.9 Å². The van der Waals surface area contributed by atoms with E-state index in [0.29, 0.717) is 12.0 Å². The van der Waals surface area contributed by atoms with Gasteiger partial charge in [-0.3, -0.25) is 5.32 Å². The van der Waals surface area contributed by atoms with Gasteiger partial charge in [-0.2, -0.15) is 5.26 Å². The lowest BCUT2D eigenvalue weighted by atomic mass is 9.70. The third-order valence-electron chi connectivity index (χ3n) is 5.13. The Kier molecular flexibility index (Phi) is 4.08. The largest absolute Gasteiger partial charge is 0.296 e. The average Bonchev–Trinajstić information content (AvgIpc) is 3.01. The van der Waals surface area contributed by atoms with E-state index in [1.54, 1.807) is 0 Å². The summed E-state index contributed by atoms with van der Waals surface area (Å²) in [5, 5.41) is 13.7. The molecule has 0 saturated heterocycles. The van der Waals surface area contributed by atoms with Crippen molar-refractivity contribution in [1.82, 2.24) is 5.32 Å². The molecule has 0 aromatic heterocycles. The van der Waals surface area contributed by atoms with Crippen molar-refractivity contribution in [3.63, 3.8) is 0 Å². The quantitative estimate of drug-likeness (QED) is 0.894. The van der Waals surface area contributed by atoms with Gasteiger partial charge in [-0.05, 0) is 31.2 Å². The van der Waals surface area contributed by atoms with E-state index in [9.17, 15) is 5.26 Å². The normalized spacial score (nSPS) is 31.1. The number of nitriles is 1. The van der Waals surface area contributed by atoms with Crippen LogP contribution in [0.3, 0.4) is 0 Å². The summed E-state index contributed by atoms with van der Waals surface area (Å²) in [4.78, 5) is 0. The molecule has 2 nitrogen and oxygen atoms in total. The minimum absolute atomic E-state index is 0.339. The average molecular weight is 268 g/mol. The molecule has 1 aromatic carbocycles. The van der Waals surface area contributed by atoms with Crippen molar-refractivity contribution in [3.8, 4) is 6.07 Å². The Morgan fingerprint density at radius 1 is 1.00 bits per heavy atom. The fourth-order valence-electron chi connectivity index (χ4n) is 4.08. The zero-order valence-corrected chi connectivity index (χ0v) is 12.1. The Bertz CT molecular complexity index is 470. The second-order valence-electron chi connectivity index (χ2n) is 6.42. The van der Waals surface area contributed by atoms with Crippen molar-refractivity contribution in [2.45, 2.75) is 68.9 Å². The summed E-state index contributed by atoms with van der Waals surface area (Å²) in [6.07, 6.45) is 9.67. The van der Waals surface area contributed by atoms with Crippen molar-refractivity contribution < 1.29 is 0 Å². The summed E-state index contributed by atoms with van der Waals surface area (Å²) < 4.78 is 0. The molecule has 2 fully saturated rings. The number of benzene rings is 1. The molecule has 2 aliphatic rings. The Balaban J connectivity index is 1.87. The molecule has 0 radical (unpaired) electrons. The molecule has 0 heterocycles. The monoisotopic (exact) mass is 268 g/mol. The molecule has 2 heteroatoms. The molecule has 0 amide bonds. The molecule has 20 heavy (non-hydrogen) atoms. The van der Waals surface area contributed by atoms with Crippen molar-refractivity contribution >= 4 is 0 Å². The fraction of sp³-hybridized carbons (Fsp3) is 0.611. The fourth-order valence-corrected chi connectivity index (χ4v) is 4.08. The van der Waals surface area contributed by atoms with Gasteiger partial charge in [0.1, 0.15) is 5.54 Å². The van der Waals surface area contributed by atoms with Crippen molar-refractivity contribution in [1.29, 1.82) is 5.26 Å². The molecule has 1 N–H and O–H groups in total. The Labute approximate surface area is 122 Å². The van der Waals surface area contributed by atoms with Gasteiger partial charge in [0.2, 0.25) is 0 Å². The summed E-state index contributed by atoms with van der Waals surface area (Å²) in [6, 6.07) is 13.9. The van der Waals surface area contributed by atoms with Crippen LogP contribution in [0.15, 0.2) is 30.3 Å². The third kappa shape index (κ3) is 2.60. The van der Waals surface area contributed by atoms with Crippen LogP contribution < -0.4 is 5.32 Å². The van der Waals surface area contributed by atoms with E-state index in [4.69, 9.17) is 0 Å². The van der Waals surface area contributed by atoms with Crippen LogP contribution in [0.1, 0.15) is 62.8 Å². The van der Waals surface area contributed by atoms with E-state index < -0.39 is 0 Å². The summed E-state index contributed by atoms with van der Waals surface area (Å²) in [5.41, 5.74) is 0.994. The first kappa shape index (κ1) is 13.6. The molecule has 2 atom stereocenters. The number of hydrogen-bond donors (Lipinski definition) is 1. The lowest BCUT2D eigenvalue weighted by Crippen LogP contribution is -2.54. The van der Waals surface area contributed by atoms with Crippen LogP contribution in [-0.4, -0.2) is 11.6 Å². The summed E-state index contributed by atoms with van der Waals surface area (Å²) in [7, 11) is 0. The second-order valence-corrected chi connectivity index (χ2v) is 6.42. The smallest absolute Gasteiger partial charge is 0.113 e. The van der Waals surface area contributed by atoms with Crippen LogP contribution in [0, 0.1) is 11.3 Å². The number of nitrogens with zero attached hydrogens (tertiary/aromatic N) is 1. The second kappa shape index (κ2) is 5.97. The van der Waals surface area contributed by atoms with E-state index >= 15 is 0 Å². The molecule has 2 unspecified atom stereocenters. The van der Waals surface area contributed by atoms with Gasteiger partial charge >= 0.3 is 0 Å². The molecule has 2 aliphatic carbocycles. The predicted molar refractivity (Wildman–Crippen MR) is 81.4 cm³/mol. The Hall–Kier alpha value is -1.33. The minimum atomic E-state index is -0.339.